The van der Waals surface area contributed by atoms with Crippen LogP contribution >= 0.6 is 0 Å². The Labute approximate surface area is 67.9 Å². The summed E-state index contributed by atoms with van der Waals surface area (Å²) >= 11 is 0. The number of rotatable bonds is 1. The van der Waals surface area contributed by atoms with Gasteiger partial charge in [0.15, 0.2) is 0 Å². The molecule has 0 fully saturated rings. The highest BCUT2D eigenvalue weighted by molar-refractivity contribution is 7.93. The van der Waals surface area contributed by atoms with E-state index in [0.717, 1.165) is 18.2 Å². The van der Waals surface area contributed by atoms with Gasteiger partial charge in [-0.25, -0.2) is 17.2 Å². The fraction of sp³-hybridized carbons (Fsp3) is 0. The molecule has 0 radical (unpaired) electrons. The van der Waals surface area contributed by atoms with Gasteiger partial charge in [0, 0.05) is 0 Å². The second-order valence-electron chi connectivity index (χ2n) is 2.05. The first-order valence-electron chi connectivity index (χ1n) is 2.86. The van der Waals surface area contributed by atoms with Crippen molar-refractivity contribution >= 4 is 10.0 Å². The minimum atomic E-state index is -4.56. The summed E-state index contributed by atoms with van der Waals surface area (Å²) in [6.45, 7) is 0. The molecule has 0 aliphatic heterocycles. The lowest BCUT2D eigenvalue weighted by atomic mass is 10.3. The maximum Gasteiger partial charge on any atom is 0.143 e. The normalized spacial score (nSPS) is 11.6. The summed E-state index contributed by atoms with van der Waals surface area (Å²) in [4.78, 5) is -1.20. The number of hydrogen-bond donors (Lipinski definition) is 0. The van der Waals surface area contributed by atoms with Crippen LogP contribution in [0.25, 0.3) is 5.14 Å². The molecule has 0 saturated heterocycles. The summed E-state index contributed by atoms with van der Waals surface area (Å²) < 4.78 is 46.1. The van der Waals surface area contributed by atoms with Crippen molar-refractivity contribution in [1.29, 1.82) is 0 Å². The number of benzene rings is 1. The Kier molecular flexibility index (Phi) is 2.12. The van der Waals surface area contributed by atoms with Crippen molar-refractivity contribution < 1.29 is 17.2 Å². The van der Waals surface area contributed by atoms with Crippen LogP contribution < -0.4 is 0 Å². The highest BCUT2D eigenvalue weighted by atomic mass is 32.2. The van der Waals surface area contributed by atoms with Crippen LogP contribution in [0.4, 0.5) is 8.78 Å². The summed E-state index contributed by atoms with van der Waals surface area (Å²) in [7, 11) is -4.56. The summed E-state index contributed by atoms with van der Waals surface area (Å²) in [5, 5.41) is 6.45. The zero-order valence-electron chi connectivity index (χ0n) is 5.71. The van der Waals surface area contributed by atoms with Crippen LogP contribution in [0.1, 0.15) is 0 Å². The lowest BCUT2D eigenvalue weighted by Gasteiger charge is -2.06. The molecule has 0 amide bonds. The maximum atomic E-state index is 12.6. The van der Waals surface area contributed by atoms with Crippen molar-refractivity contribution in [3.63, 3.8) is 0 Å². The molecule has 0 aliphatic carbocycles. The van der Waals surface area contributed by atoms with E-state index in [9.17, 15) is 17.2 Å². The van der Waals surface area contributed by atoms with Gasteiger partial charge in [-0.05, 0) is 12.1 Å². The van der Waals surface area contributed by atoms with Gasteiger partial charge in [-0.3, -0.25) is 0 Å². The minimum Gasteiger partial charge on any atom is -0.560 e. The van der Waals surface area contributed by atoms with Gasteiger partial charge in [0.05, 0.1) is 0 Å². The molecule has 0 spiro atoms. The van der Waals surface area contributed by atoms with Crippen molar-refractivity contribution in [1.82, 2.24) is 0 Å². The van der Waals surface area contributed by atoms with E-state index in [2.05, 4.69) is 0 Å². The molecule has 0 saturated carbocycles. The van der Waals surface area contributed by atoms with E-state index < -0.39 is 26.6 Å². The van der Waals surface area contributed by atoms with Gasteiger partial charge in [0.2, 0.25) is 0 Å². The molecule has 1 rings (SSSR count). The number of nitrogens with one attached hydrogen (secondary N) is 1. The van der Waals surface area contributed by atoms with Crippen molar-refractivity contribution in [2.75, 3.05) is 0 Å². The Morgan fingerprint density at radius 2 is 1.58 bits per heavy atom. The third kappa shape index (κ3) is 1.59. The molecular formula is C6H4F2NO2S-. The largest absolute Gasteiger partial charge is 0.560 e. The third-order valence-electron chi connectivity index (χ3n) is 1.19. The van der Waals surface area contributed by atoms with Crippen LogP contribution in [-0.2, 0) is 10.0 Å². The standard InChI is InChI=1S/C6H4F2NO2S/c7-4-2-1-3-5(8)6(4)12(9,10)11/h1-3H,(H-,9,10,11)/q-1. The van der Waals surface area contributed by atoms with Crippen LogP contribution in [-0.4, -0.2) is 8.42 Å². The molecule has 0 bridgehead atoms. The van der Waals surface area contributed by atoms with Crippen molar-refractivity contribution in [3.05, 3.63) is 35.0 Å². The summed E-state index contributed by atoms with van der Waals surface area (Å²) in [5.41, 5.74) is 0. The second kappa shape index (κ2) is 2.80. The Balaban J connectivity index is 3.53. The second-order valence-corrected chi connectivity index (χ2v) is 3.47. The molecule has 0 aliphatic rings. The van der Waals surface area contributed by atoms with Gasteiger partial charge in [0.25, 0.3) is 0 Å². The zero-order chi connectivity index (χ0) is 9.35. The molecule has 1 aromatic carbocycles. The molecule has 12 heavy (non-hydrogen) atoms. The Bertz CT molecular complexity index is 382. The predicted octanol–water partition coefficient (Wildman–Crippen LogP) is 1.71. The Morgan fingerprint density at radius 3 is 1.83 bits per heavy atom. The summed E-state index contributed by atoms with van der Waals surface area (Å²) in [6, 6.07) is 2.59. The maximum absolute atomic E-state index is 12.6. The van der Waals surface area contributed by atoms with E-state index in [1.54, 1.807) is 0 Å². The first-order valence-corrected chi connectivity index (χ1v) is 4.35. The molecule has 1 N–H and O–H groups in total. The van der Waals surface area contributed by atoms with E-state index in [-0.39, 0.29) is 0 Å². The number of halogens is 2. The summed E-state index contributed by atoms with van der Waals surface area (Å²) in [6.07, 6.45) is 0. The fourth-order valence-electron chi connectivity index (χ4n) is 0.739. The lowest BCUT2D eigenvalue weighted by Crippen LogP contribution is -2.00. The smallest absolute Gasteiger partial charge is 0.143 e. The molecule has 0 atom stereocenters. The number of hydrogen-bond acceptors (Lipinski definition) is 2. The Hall–Kier alpha value is -1.01. The molecule has 0 aromatic heterocycles. The molecular weight excluding hydrogens is 188 g/mol. The molecule has 3 nitrogen and oxygen atoms in total. The highest BCUT2D eigenvalue weighted by Gasteiger charge is 2.13. The molecule has 6 heteroatoms. The van der Waals surface area contributed by atoms with E-state index in [1.165, 1.54) is 0 Å². The minimum absolute atomic E-state index is 0.782. The highest BCUT2D eigenvalue weighted by Crippen LogP contribution is 2.18. The average Bonchev–Trinajstić information content (AvgIpc) is 1.82. The van der Waals surface area contributed by atoms with Crippen molar-refractivity contribution in [3.8, 4) is 0 Å². The van der Waals surface area contributed by atoms with Crippen molar-refractivity contribution in [2.24, 2.45) is 0 Å². The van der Waals surface area contributed by atoms with Crippen molar-refractivity contribution in [2.45, 2.75) is 4.90 Å². The molecule has 66 valence electrons. The van der Waals surface area contributed by atoms with E-state index in [4.69, 9.17) is 5.14 Å². The third-order valence-corrected chi connectivity index (χ3v) is 2.12. The van der Waals surface area contributed by atoms with Gasteiger partial charge < -0.3 is 5.14 Å². The van der Waals surface area contributed by atoms with Gasteiger partial charge in [-0.2, -0.15) is 0 Å². The monoisotopic (exact) mass is 192 g/mol. The van der Waals surface area contributed by atoms with Crippen LogP contribution in [0, 0.1) is 11.6 Å². The quantitative estimate of drug-likeness (QED) is 0.679. The zero-order valence-corrected chi connectivity index (χ0v) is 6.53. The SMILES string of the molecule is [NH-]S(=O)(=O)c1c(F)cccc1F. The van der Waals surface area contributed by atoms with Gasteiger partial charge in [-0.1, -0.05) is 6.07 Å². The average molecular weight is 192 g/mol. The first kappa shape index (κ1) is 9.08. The Morgan fingerprint density at radius 1 is 1.17 bits per heavy atom. The first-order chi connectivity index (χ1) is 5.43. The fourth-order valence-corrected chi connectivity index (χ4v) is 1.39. The van der Waals surface area contributed by atoms with E-state index >= 15 is 0 Å². The van der Waals surface area contributed by atoms with Crippen LogP contribution in [0.15, 0.2) is 23.1 Å². The van der Waals surface area contributed by atoms with E-state index in [1.807, 2.05) is 0 Å². The van der Waals surface area contributed by atoms with Gasteiger partial charge in [0.1, 0.15) is 26.6 Å². The molecule has 1 aromatic rings. The van der Waals surface area contributed by atoms with Gasteiger partial charge in [-0.15, -0.1) is 0 Å². The predicted molar refractivity (Wildman–Crippen MR) is 37.9 cm³/mol. The molecule has 0 unspecified atom stereocenters. The number of sulfonamides is 1. The van der Waals surface area contributed by atoms with Crippen LogP contribution in [0.5, 0.6) is 0 Å². The topological polar surface area (TPSA) is 57.9 Å². The van der Waals surface area contributed by atoms with Crippen LogP contribution in [0.2, 0.25) is 0 Å². The van der Waals surface area contributed by atoms with Crippen LogP contribution in [0.3, 0.4) is 0 Å². The summed E-state index contributed by atoms with van der Waals surface area (Å²) in [5.74, 6) is -2.49. The lowest BCUT2D eigenvalue weighted by molar-refractivity contribution is 0.522. The molecule has 0 heterocycles. The van der Waals surface area contributed by atoms with E-state index in [0.29, 0.717) is 0 Å². The van der Waals surface area contributed by atoms with Gasteiger partial charge >= 0.3 is 0 Å².